The van der Waals surface area contributed by atoms with E-state index in [0.717, 1.165) is 7.11 Å². The lowest BCUT2D eigenvalue weighted by atomic mass is 10.3. The number of methoxy groups -OCH3 is 1. The molecule has 1 N–H and O–H groups in total. The van der Waals surface area contributed by atoms with Crippen molar-refractivity contribution in [1.82, 2.24) is 4.98 Å². The summed E-state index contributed by atoms with van der Waals surface area (Å²) in [6.45, 7) is 0. The predicted octanol–water partition coefficient (Wildman–Crippen LogP) is 1.60. The van der Waals surface area contributed by atoms with Gasteiger partial charge in [-0.3, -0.25) is 10.1 Å². The predicted molar refractivity (Wildman–Crippen MR) is 45.8 cm³/mol. The molecular weight excluding hydrogens is 249 g/mol. The van der Waals surface area contributed by atoms with Gasteiger partial charge in [-0.15, -0.1) is 13.2 Å². The van der Waals surface area contributed by atoms with Gasteiger partial charge in [-0.25, -0.2) is 4.98 Å². The van der Waals surface area contributed by atoms with Crippen molar-refractivity contribution in [3.63, 3.8) is 0 Å². The molecule has 0 amide bonds. The van der Waals surface area contributed by atoms with E-state index in [1.165, 1.54) is 0 Å². The van der Waals surface area contributed by atoms with Crippen LogP contribution in [-0.2, 0) is 0 Å². The van der Waals surface area contributed by atoms with Crippen LogP contribution >= 0.6 is 0 Å². The lowest BCUT2D eigenvalue weighted by Gasteiger charge is -2.10. The standard InChI is InChI=1S/C7H5F3N2O5/c1-16-5-3(12(14)15)2-11-6(4(5)13)17-7(8,9)10/h2,13H,1H3. The van der Waals surface area contributed by atoms with Gasteiger partial charge in [0, 0.05) is 0 Å². The second-order valence-corrected chi connectivity index (χ2v) is 2.64. The van der Waals surface area contributed by atoms with Gasteiger partial charge >= 0.3 is 12.0 Å². The van der Waals surface area contributed by atoms with Crippen molar-refractivity contribution in [3.8, 4) is 17.4 Å². The fraction of sp³-hybridized carbons (Fsp3) is 0.286. The molecule has 0 radical (unpaired) electrons. The van der Waals surface area contributed by atoms with Gasteiger partial charge in [0.2, 0.25) is 11.5 Å². The highest BCUT2D eigenvalue weighted by Crippen LogP contribution is 2.42. The van der Waals surface area contributed by atoms with E-state index in [4.69, 9.17) is 0 Å². The Kier molecular flexibility index (Phi) is 3.25. The average molecular weight is 254 g/mol. The van der Waals surface area contributed by atoms with E-state index >= 15 is 0 Å². The van der Waals surface area contributed by atoms with Crippen molar-refractivity contribution in [1.29, 1.82) is 0 Å². The van der Waals surface area contributed by atoms with Crippen LogP contribution in [0.25, 0.3) is 0 Å². The second-order valence-electron chi connectivity index (χ2n) is 2.64. The summed E-state index contributed by atoms with van der Waals surface area (Å²) in [7, 11) is 0.944. The Morgan fingerprint density at radius 2 is 2.12 bits per heavy atom. The Bertz CT molecular complexity index is 448. The fourth-order valence-electron chi connectivity index (χ4n) is 0.974. The van der Waals surface area contributed by atoms with Crippen LogP contribution in [0.3, 0.4) is 0 Å². The third-order valence-electron chi connectivity index (χ3n) is 1.57. The van der Waals surface area contributed by atoms with Gasteiger partial charge in [-0.05, 0) is 0 Å². The zero-order chi connectivity index (χ0) is 13.2. The normalized spacial score (nSPS) is 11.1. The summed E-state index contributed by atoms with van der Waals surface area (Å²) in [6.07, 6.45) is -4.59. The maximum absolute atomic E-state index is 11.9. The summed E-state index contributed by atoms with van der Waals surface area (Å²) >= 11 is 0. The SMILES string of the molecule is COc1c([N+](=O)[O-])cnc(OC(F)(F)F)c1O. The molecule has 0 aliphatic rings. The van der Waals surface area contributed by atoms with Crippen molar-refractivity contribution in [2.45, 2.75) is 6.36 Å². The molecule has 0 saturated carbocycles. The maximum atomic E-state index is 11.9. The molecule has 10 heteroatoms. The van der Waals surface area contributed by atoms with Crippen LogP contribution in [0, 0.1) is 10.1 Å². The lowest BCUT2D eigenvalue weighted by Crippen LogP contribution is -2.18. The molecule has 1 aromatic rings. The molecule has 0 atom stereocenters. The monoisotopic (exact) mass is 254 g/mol. The quantitative estimate of drug-likeness (QED) is 0.650. The molecule has 1 aromatic heterocycles. The lowest BCUT2D eigenvalue weighted by molar-refractivity contribution is -0.386. The first-order valence-electron chi connectivity index (χ1n) is 3.92. The van der Waals surface area contributed by atoms with E-state index < -0.39 is 34.4 Å². The Hall–Kier alpha value is -2.26. The molecule has 94 valence electrons. The van der Waals surface area contributed by atoms with Crippen LogP contribution in [0.5, 0.6) is 17.4 Å². The Morgan fingerprint density at radius 1 is 1.53 bits per heavy atom. The smallest absolute Gasteiger partial charge is 0.500 e. The van der Waals surface area contributed by atoms with Crippen LogP contribution < -0.4 is 9.47 Å². The summed E-state index contributed by atoms with van der Waals surface area (Å²) in [4.78, 5) is 12.5. The molecule has 0 aliphatic carbocycles. The number of hydrogen-bond donors (Lipinski definition) is 1. The first-order valence-corrected chi connectivity index (χ1v) is 3.92. The zero-order valence-electron chi connectivity index (χ0n) is 8.19. The first-order chi connectivity index (χ1) is 7.76. The number of aromatic nitrogens is 1. The van der Waals surface area contributed by atoms with Crippen LogP contribution in [0.15, 0.2) is 6.20 Å². The molecule has 0 aliphatic heterocycles. The van der Waals surface area contributed by atoms with Crippen molar-refractivity contribution >= 4 is 5.69 Å². The number of alkyl halides is 3. The van der Waals surface area contributed by atoms with E-state index in [2.05, 4.69) is 14.5 Å². The van der Waals surface area contributed by atoms with E-state index in [1.807, 2.05) is 0 Å². The van der Waals surface area contributed by atoms with E-state index in [0.29, 0.717) is 6.20 Å². The van der Waals surface area contributed by atoms with Gasteiger partial charge in [0.05, 0.1) is 12.0 Å². The number of rotatable bonds is 3. The molecular formula is C7H5F3N2O5. The number of hydrogen-bond acceptors (Lipinski definition) is 6. The number of halogens is 3. The van der Waals surface area contributed by atoms with Gasteiger partial charge in [-0.1, -0.05) is 0 Å². The van der Waals surface area contributed by atoms with Crippen LogP contribution in [0.4, 0.5) is 18.9 Å². The zero-order valence-corrected chi connectivity index (χ0v) is 8.19. The molecule has 0 aromatic carbocycles. The largest absolute Gasteiger partial charge is 0.574 e. The van der Waals surface area contributed by atoms with Gasteiger partial charge in [-0.2, -0.15) is 0 Å². The Morgan fingerprint density at radius 3 is 2.53 bits per heavy atom. The number of nitro groups is 1. The van der Waals surface area contributed by atoms with Crippen molar-refractivity contribution in [2.24, 2.45) is 0 Å². The summed E-state index contributed by atoms with van der Waals surface area (Å²) in [5, 5.41) is 19.7. The third-order valence-corrected chi connectivity index (χ3v) is 1.57. The van der Waals surface area contributed by atoms with Crippen molar-refractivity contribution in [3.05, 3.63) is 16.3 Å². The molecule has 1 heterocycles. The number of nitrogens with zero attached hydrogens (tertiary/aromatic N) is 2. The highest BCUT2D eigenvalue weighted by molar-refractivity contribution is 5.57. The average Bonchev–Trinajstić information content (AvgIpc) is 2.18. The number of pyridine rings is 1. The molecule has 17 heavy (non-hydrogen) atoms. The first kappa shape index (κ1) is 12.8. The highest BCUT2D eigenvalue weighted by atomic mass is 19.4. The minimum absolute atomic E-state index is 0.486. The summed E-state index contributed by atoms with van der Waals surface area (Å²) in [6, 6.07) is 0. The molecule has 0 fully saturated rings. The molecule has 0 bridgehead atoms. The molecule has 1 rings (SSSR count). The van der Waals surface area contributed by atoms with Crippen LogP contribution in [0.1, 0.15) is 0 Å². The molecule has 0 saturated heterocycles. The molecule has 7 nitrogen and oxygen atoms in total. The topological polar surface area (TPSA) is 94.7 Å². The minimum atomic E-state index is -5.08. The fourth-order valence-corrected chi connectivity index (χ4v) is 0.974. The van der Waals surface area contributed by atoms with Crippen LogP contribution in [-0.4, -0.2) is 28.5 Å². The third kappa shape index (κ3) is 2.86. The minimum Gasteiger partial charge on any atom is -0.500 e. The summed E-state index contributed by atoms with van der Waals surface area (Å²) in [5.41, 5.74) is -0.778. The highest BCUT2D eigenvalue weighted by Gasteiger charge is 2.35. The number of aromatic hydroxyl groups is 1. The molecule has 0 unspecified atom stereocenters. The van der Waals surface area contributed by atoms with E-state index in [-0.39, 0.29) is 0 Å². The second kappa shape index (κ2) is 4.31. The van der Waals surface area contributed by atoms with Gasteiger partial charge in [0.25, 0.3) is 5.88 Å². The van der Waals surface area contributed by atoms with E-state index in [1.54, 1.807) is 0 Å². The Labute approximate surface area is 91.6 Å². The number of ether oxygens (including phenoxy) is 2. The van der Waals surface area contributed by atoms with Gasteiger partial charge in [0.15, 0.2) is 0 Å². The summed E-state index contributed by atoms with van der Waals surface area (Å²) < 4.78 is 43.4. The van der Waals surface area contributed by atoms with Crippen molar-refractivity contribution < 1.29 is 32.7 Å². The van der Waals surface area contributed by atoms with E-state index in [9.17, 15) is 28.4 Å². The summed E-state index contributed by atoms with van der Waals surface area (Å²) in [5.74, 6) is -3.18. The Balaban J connectivity index is 3.25. The maximum Gasteiger partial charge on any atom is 0.574 e. The van der Waals surface area contributed by atoms with Gasteiger partial charge in [0.1, 0.15) is 6.20 Å². The molecule has 0 spiro atoms. The van der Waals surface area contributed by atoms with Gasteiger partial charge < -0.3 is 14.6 Å². The van der Waals surface area contributed by atoms with Crippen molar-refractivity contribution in [2.75, 3.05) is 7.11 Å². The van der Waals surface area contributed by atoms with Crippen LogP contribution in [0.2, 0.25) is 0 Å².